The van der Waals surface area contributed by atoms with E-state index >= 15 is 0 Å². The minimum atomic E-state index is -0.729. The molecule has 2 saturated heterocycles. The molecule has 1 saturated carbocycles. The number of rotatable bonds is 3. The Balaban J connectivity index is 1.57. The van der Waals surface area contributed by atoms with Crippen molar-refractivity contribution in [3.63, 3.8) is 0 Å². The van der Waals surface area contributed by atoms with Crippen LogP contribution in [0.1, 0.15) is 33.1 Å². The van der Waals surface area contributed by atoms with E-state index < -0.39 is 12.0 Å². The van der Waals surface area contributed by atoms with E-state index in [-0.39, 0.29) is 35.2 Å². The summed E-state index contributed by atoms with van der Waals surface area (Å²) in [6.07, 6.45) is 1.51. The van der Waals surface area contributed by atoms with Gasteiger partial charge in [-0.3, -0.25) is 10.1 Å². The maximum Gasteiger partial charge on any atom is 0.414 e. The molecular formula is C14H20ClNO5. The second-order valence-electron chi connectivity index (χ2n) is 6.59. The van der Waals surface area contributed by atoms with Crippen molar-refractivity contribution in [1.29, 1.82) is 0 Å². The molecule has 1 spiro atoms. The van der Waals surface area contributed by atoms with Gasteiger partial charge in [-0.15, -0.1) is 11.6 Å². The van der Waals surface area contributed by atoms with Crippen LogP contribution in [-0.2, 0) is 19.0 Å². The van der Waals surface area contributed by atoms with E-state index in [0.29, 0.717) is 6.42 Å². The van der Waals surface area contributed by atoms with Crippen molar-refractivity contribution in [1.82, 2.24) is 5.32 Å². The number of halogens is 1. The number of alkyl carbamates (subject to hydrolysis) is 1. The van der Waals surface area contributed by atoms with Gasteiger partial charge in [0, 0.05) is 5.92 Å². The van der Waals surface area contributed by atoms with Crippen LogP contribution in [0.25, 0.3) is 0 Å². The minimum Gasteiger partial charge on any atom is -0.446 e. The molecule has 3 rings (SSSR count). The molecule has 2 amide bonds. The Morgan fingerprint density at radius 2 is 2.10 bits per heavy atom. The van der Waals surface area contributed by atoms with Crippen molar-refractivity contribution >= 4 is 23.6 Å². The summed E-state index contributed by atoms with van der Waals surface area (Å²) in [5.74, 6) is -0.575. The minimum absolute atomic E-state index is 0.0826. The van der Waals surface area contributed by atoms with Crippen LogP contribution in [-0.4, -0.2) is 47.9 Å². The van der Waals surface area contributed by atoms with E-state index in [1.54, 1.807) is 0 Å². The van der Waals surface area contributed by atoms with Crippen LogP contribution in [0.3, 0.4) is 0 Å². The van der Waals surface area contributed by atoms with E-state index in [0.717, 1.165) is 19.4 Å². The van der Waals surface area contributed by atoms with Crippen molar-refractivity contribution in [3.8, 4) is 0 Å². The highest BCUT2D eigenvalue weighted by Gasteiger charge is 2.65. The van der Waals surface area contributed by atoms with Crippen LogP contribution in [0, 0.1) is 5.92 Å². The lowest BCUT2D eigenvalue weighted by molar-refractivity contribution is -0.118. The molecule has 0 unspecified atom stereocenters. The number of epoxide rings is 2. The lowest BCUT2D eigenvalue weighted by atomic mass is 9.74. The first-order valence-electron chi connectivity index (χ1n) is 7.24. The fourth-order valence-corrected chi connectivity index (χ4v) is 3.42. The predicted octanol–water partition coefficient (Wildman–Crippen LogP) is 1.59. The Labute approximate surface area is 128 Å². The Kier molecular flexibility index (Phi) is 3.66. The highest BCUT2D eigenvalue weighted by atomic mass is 35.5. The molecule has 0 aromatic carbocycles. The average Bonchev–Trinajstić information content (AvgIpc) is 3.31. The van der Waals surface area contributed by atoms with Crippen LogP contribution >= 0.6 is 11.6 Å². The summed E-state index contributed by atoms with van der Waals surface area (Å²) in [7, 11) is 0. The van der Waals surface area contributed by atoms with Crippen LogP contribution in [0.5, 0.6) is 0 Å². The highest BCUT2D eigenvalue weighted by molar-refractivity contribution is 6.28. The van der Waals surface area contributed by atoms with Crippen LogP contribution in [0.15, 0.2) is 0 Å². The third-order valence-electron chi connectivity index (χ3n) is 4.66. The van der Waals surface area contributed by atoms with Gasteiger partial charge in [-0.1, -0.05) is 0 Å². The molecule has 0 aromatic rings. The second kappa shape index (κ2) is 5.11. The summed E-state index contributed by atoms with van der Waals surface area (Å²) in [4.78, 5) is 22.7. The molecule has 2 aliphatic heterocycles. The Hall–Kier alpha value is -0.850. The van der Waals surface area contributed by atoms with Gasteiger partial charge in [0.05, 0.1) is 23.9 Å². The number of hydrogen-bond donors (Lipinski definition) is 1. The zero-order valence-electron chi connectivity index (χ0n) is 12.2. The van der Waals surface area contributed by atoms with Crippen LogP contribution in [0.4, 0.5) is 4.79 Å². The first-order chi connectivity index (χ1) is 9.86. The lowest BCUT2D eigenvalue weighted by Crippen LogP contribution is -2.43. The van der Waals surface area contributed by atoms with Gasteiger partial charge in [0.25, 0.3) is 0 Å². The molecule has 1 aliphatic carbocycles. The van der Waals surface area contributed by atoms with Crippen molar-refractivity contribution in [2.45, 2.75) is 56.5 Å². The number of nitrogens with one attached hydrogen (secondary N) is 1. The summed E-state index contributed by atoms with van der Waals surface area (Å²) < 4.78 is 16.7. The monoisotopic (exact) mass is 317 g/mol. The standard InChI is InChI=1S/C14H20ClNO5/c1-13(2)11(21-13)9-5-8(3-4-14(9)7-19-14)20-12(18)16-10(17)6-15/h8-9,11H,3-7H2,1-2H3,(H,16,17,18)/t8-,9+,11+,14-/m0/s1. The van der Waals surface area contributed by atoms with E-state index in [4.69, 9.17) is 25.8 Å². The van der Waals surface area contributed by atoms with Gasteiger partial charge in [-0.05, 0) is 33.1 Å². The van der Waals surface area contributed by atoms with E-state index in [1.165, 1.54) is 0 Å². The zero-order valence-corrected chi connectivity index (χ0v) is 12.9. The molecule has 21 heavy (non-hydrogen) atoms. The normalized spacial score (nSPS) is 39.7. The lowest BCUT2D eigenvalue weighted by Gasteiger charge is -2.33. The van der Waals surface area contributed by atoms with Gasteiger partial charge >= 0.3 is 6.09 Å². The molecule has 4 atom stereocenters. The first-order valence-corrected chi connectivity index (χ1v) is 7.78. The van der Waals surface area contributed by atoms with E-state index in [9.17, 15) is 9.59 Å². The molecule has 118 valence electrons. The number of imide groups is 1. The quantitative estimate of drug-likeness (QED) is 0.631. The number of amides is 2. The van der Waals surface area contributed by atoms with Crippen molar-refractivity contribution in [2.75, 3.05) is 12.5 Å². The number of ether oxygens (including phenoxy) is 3. The highest BCUT2D eigenvalue weighted by Crippen LogP contribution is 2.55. The van der Waals surface area contributed by atoms with Crippen LogP contribution < -0.4 is 5.32 Å². The number of carbonyl (C=O) groups excluding carboxylic acids is 2. The Morgan fingerprint density at radius 3 is 2.62 bits per heavy atom. The summed E-state index contributed by atoms with van der Waals surface area (Å²) >= 11 is 5.34. The molecule has 0 radical (unpaired) electrons. The molecule has 2 heterocycles. The van der Waals surface area contributed by atoms with Gasteiger partial charge < -0.3 is 14.2 Å². The molecular weight excluding hydrogens is 298 g/mol. The molecule has 7 heteroatoms. The summed E-state index contributed by atoms with van der Waals surface area (Å²) in [6, 6.07) is 0. The summed E-state index contributed by atoms with van der Waals surface area (Å²) in [5, 5.41) is 2.09. The summed E-state index contributed by atoms with van der Waals surface area (Å²) in [6.45, 7) is 4.88. The third kappa shape index (κ3) is 3.03. The molecule has 6 nitrogen and oxygen atoms in total. The van der Waals surface area contributed by atoms with Gasteiger partial charge in [0.15, 0.2) is 0 Å². The fourth-order valence-electron chi connectivity index (χ4n) is 3.35. The maximum absolute atomic E-state index is 11.6. The van der Waals surface area contributed by atoms with Crippen LogP contribution in [0.2, 0.25) is 0 Å². The largest absolute Gasteiger partial charge is 0.446 e. The fraction of sp³-hybridized carbons (Fsp3) is 0.857. The van der Waals surface area contributed by atoms with Crippen molar-refractivity contribution < 1.29 is 23.8 Å². The average molecular weight is 318 g/mol. The molecule has 3 fully saturated rings. The number of alkyl halides is 1. The first kappa shape index (κ1) is 15.1. The smallest absolute Gasteiger partial charge is 0.414 e. The second-order valence-corrected chi connectivity index (χ2v) is 6.85. The van der Waals surface area contributed by atoms with Gasteiger partial charge in [-0.2, -0.15) is 0 Å². The predicted molar refractivity (Wildman–Crippen MR) is 74.1 cm³/mol. The van der Waals surface area contributed by atoms with Crippen molar-refractivity contribution in [2.24, 2.45) is 5.92 Å². The van der Waals surface area contributed by atoms with E-state index in [1.807, 2.05) is 0 Å². The van der Waals surface area contributed by atoms with Gasteiger partial charge in [0.2, 0.25) is 5.91 Å². The van der Waals surface area contributed by atoms with E-state index in [2.05, 4.69) is 19.2 Å². The number of hydrogen-bond acceptors (Lipinski definition) is 5. The number of carbonyl (C=O) groups is 2. The van der Waals surface area contributed by atoms with Gasteiger partial charge in [-0.25, -0.2) is 4.79 Å². The zero-order chi connectivity index (χ0) is 15.3. The maximum atomic E-state index is 11.6. The summed E-state index contributed by atoms with van der Waals surface area (Å²) in [5.41, 5.74) is -0.205. The third-order valence-corrected chi connectivity index (χ3v) is 4.90. The van der Waals surface area contributed by atoms with Crippen molar-refractivity contribution in [3.05, 3.63) is 0 Å². The topological polar surface area (TPSA) is 80.5 Å². The SMILES string of the molecule is CC1(C)O[C@@H]1[C@H]1C[C@@H](OC(=O)NC(=O)CCl)CC[C@]12CO2. The molecule has 3 aliphatic rings. The Bertz CT molecular complexity index is 462. The molecule has 0 bridgehead atoms. The molecule has 0 aromatic heterocycles. The molecule has 1 N–H and O–H groups in total. The Morgan fingerprint density at radius 1 is 1.43 bits per heavy atom. The van der Waals surface area contributed by atoms with Gasteiger partial charge in [0.1, 0.15) is 12.0 Å².